The van der Waals surface area contributed by atoms with E-state index in [0.717, 1.165) is 6.54 Å². The maximum atomic E-state index is 5.41. The number of rotatable bonds is 6. The van der Waals surface area contributed by atoms with Crippen LogP contribution in [0.4, 0.5) is 0 Å². The van der Waals surface area contributed by atoms with Gasteiger partial charge in [0.15, 0.2) is 0 Å². The van der Waals surface area contributed by atoms with E-state index in [1.54, 1.807) is 0 Å². The van der Waals surface area contributed by atoms with E-state index in [1.165, 1.54) is 45.1 Å². The Bertz CT molecular complexity index is 119. The summed E-state index contributed by atoms with van der Waals surface area (Å²) in [6.45, 7) is 4.35. The maximum Gasteiger partial charge on any atom is 0.0153 e. The fraction of sp³-hybridized carbons (Fsp3) is 1.00. The van der Waals surface area contributed by atoms with Gasteiger partial charge in [0.1, 0.15) is 0 Å². The maximum absolute atomic E-state index is 5.41. The molecule has 0 unspecified atom stereocenters. The molecule has 0 amide bonds. The molecule has 0 atom stereocenters. The van der Waals surface area contributed by atoms with Crippen LogP contribution in [-0.4, -0.2) is 18.6 Å². The van der Waals surface area contributed by atoms with Crippen LogP contribution in [0.5, 0.6) is 0 Å². The molecule has 0 aliphatic heterocycles. The van der Waals surface area contributed by atoms with Crippen LogP contribution < -0.4 is 11.1 Å². The third-order valence-electron chi connectivity index (χ3n) is 2.89. The number of nitrogens with two attached hydrogens (primary N) is 1. The van der Waals surface area contributed by atoms with E-state index in [1.807, 2.05) is 0 Å². The zero-order chi connectivity index (χ0) is 8.86. The quantitative estimate of drug-likeness (QED) is 0.595. The molecule has 2 heteroatoms. The summed E-state index contributed by atoms with van der Waals surface area (Å²) in [6, 6.07) is 0. The summed E-state index contributed by atoms with van der Waals surface area (Å²) in [5.41, 5.74) is 5.90. The van der Waals surface area contributed by atoms with Crippen LogP contribution in [0.15, 0.2) is 0 Å². The van der Waals surface area contributed by atoms with Crippen molar-refractivity contribution in [2.24, 2.45) is 5.73 Å². The summed E-state index contributed by atoms with van der Waals surface area (Å²) < 4.78 is 0. The van der Waals surface area contributed by atoms with Crippen molar-refractivity contribution in [2.45, 2.75) is 51.0 Å². The first kappa shape index (κ1) is 10.0. The standard InChI is InChI=1S/C10H22N2/c1-10(6-5-7-10)12-9-4-2-3-8-11/h12H,2-9,11H2,1H3. The van der Waals surface area contributed by atoms with Crippen LogP contribution in [0.25, 0.3) is 0 Å². The number of hydrogen-bond donors (Lipinski definition) is 2. The van der Waals surface area contributed by atoms with Gasteiger partial charge in [-0.25, -0.2) is 0 Å². The number of nitrogens with one attached hydrogen (secondary N) is 1. The Balaban J connectivity index is 1.88. The van der Waals surface area contributed by atoms with Gasteiger partial charge in [-0.3, -0.25) is 0 Å². The molecule has 0 radical (unpaired) electrons. The average molecular weight is 170 g/mol. The Morgan fingerprint density at radius 2 is 2.00 bits per heavy atom. The van der Waals surface area contributed by atoms with Crippen molar-refractivity contribution in [3.8, 4) is 0 Å². The highest BCUT2D eigenvalue weighted by molar-refractivity contribution is 4.91. The molecule has 1 aliphatic rings. The minimum Gasteiger partial charge on any atom is -0.330 e. The fourth-order valence-corrected chi connectivity index (χ4v) is 1.72. The average Bonchev–Trinajstić information content (AvgIpc) is 2.01. The van der Waals surface area contributed by atoms with E-state index in [4.69, 9.17) is 5.73 Å². The zero-order valence-electron chi connectivity index (χ0n) is 8.23. The largest absolute Gasteiger partial charge is 0.330 e. The second kappa shape index (κ2) is 4.83. The van der Waals surface area contributed by atoms with Gasteiger partial charge in [0.05, 0.1) is 0 Å². The van der Waals surface area contributed by atoms with Crippen molar-refractivity contribution in [3.63, 3.8) is 0 Å². The molecule has 0 aromatic heterocycles. The van der Waals surface area contributed by atoms with Gasteiger partial charge in [-0.1, -0.05) is 6.42 Å². The Morgan fingerprint density at radius 1 is 1.25 bits per heavy atom. The van der Waals surface area contributed by atoms with Gasteiger partial charge in [0.25, 0.3) is 0 Å². The summed E-state index contributed by atoms with van der Waals surface area (Å²) in [5, 5.41) is 3.61. The zero-order valence-corrected chi connectivity index (χ0v) is 8.23. The molecule has 1 saturated carbocycles. The first-order valence-corrected chi connectivity index (χ1v) is 5.22. The Morgan fingerprint density at radius 3 is 2.50 bits per heavy atom. The minimum atomic E-state index is 0.489. The molecule has 0 saturated heterocycles. The van der Waals surface area contributed by atoms with Crippen molar-refractivity contribution < 1.29 is 0 Å². The molecular formula is C10H22N2. The van der Waals surface area contributed by atoms with Crippen molar-refractivity contribution in [1.82, 2.24) is 5.32 Å². The van der Waals surface area contributed by atoms with Gasteiger partial charge in [-0.2, -0.15) is 0 Å². The van der Waals surface area contributed by atoms with E-state index < -0.39 is 0 Å². The van der Waals surface area contributed by atoms with E-state index >= 15 is 0 Å². The van der Waals surface area contributed by atoms with Crippen molar-refractivity contribution in [3.05, 3.63) is 0 Å². The third kappa shape index (κ3) is 3.11. The molecule has 0 spiro atoms. The summed E-state index contributed by atoms with van der Waals surface area (Å²) in [6.07, 6.45) is 7.88. The molecule has 0 heterocycles. The third-order valence-corrected chi connectivity index (χ3v) is 2.89. The Kier molecular flexibility index (Phi) is 4.02. The van der Waals surface area contributed by atoms with Crippen LogP contribution in [0.1, 0.15) is 45.4 Å². The monoisotopic (exact) mass is 170 g/mol. The first-order valence-electron chi connectivity index (χ1n) is 5.22. The molecule has 12 heavy (non-hydrogen) atoms. The molecule has 1 rings (SSSR count). The van der Waals surface area contributed by atoms with Gasteiger partial charge >= 0.3 is 0 Å². The van der Waals surface area contributed by atoms with Crippen LogP contribution in [0, 0.1) is 0 Å². The first-order chi connectivity index (χ1) is 5.77. The topological polar surface area (TPSA) is 38.0 Å². The lowest BCUT2D eigenvalue weighted by atomic mass is 9.78. The summed E-state index contributed by atoms with van der Waals surface area (Å²) >= 11 is 0. The van der Waals surface area contributed by atoms with Crippen LogP contribution in [0.2, 0.25) is 0 Å². The lowest BCUT2D eigenvalue weighted by Gasteiger charge is -2.39. The second-order valence-corrected chi connectivity index (χ2v) is 4.19. The van der Waals surface area contributed by atoms with Crippen molar-refractivity contribution in [2.75, 3.05) is 13.1 Å². The van der Waals surface area contributed by atoms with Crippen LogP contribution in [0.3, 0.4) is 0 Å². The molecule has 2 nitrogen and oxygen atoms in total. The molecule has 0 bridgehead atoms. The number of unbranched alkanes of at least 4 members (excludes halogenated alkanes) is 2. The molecule has 1 aliphatic carbocycles. The van der Waals surface area contributed by atoms with E-state index in [9.17, 15) is 0 Å². The van der Waals surface area contributed by atoms with E-state index in [2.05, 4.69) is 12.2 Å². The summed E-state index contributed by atoms with van der Waals surface area (Å²) in [5.74, 6) is 0. The van der Waals surface area contributed by atoms with Gasteiger partial charge in [-0.15, -0.1) is 0 Å². The van der Waals surface area contributed by atoms with Gasteiger partial charge < -0.3 is 11.1 Å². The van der Waals surface area contributed by atoms with Crippen molar-refractivity contribution in [1.29, 1.82) is 0 Å². The predicted molar refractivity (Wildman–Crippen MR) is 53.2 cm³/mol. The lowest BCUT2D eigenvalue weighted by molar-refractivity contribution is 0.208. The normalized spacial score (nSPS) is 20.5. The Labute approximate surface area is 75.9 Å². The summed E-state index contributed by atoms with van der Waals surface area (Å²) in [7, 11) is 0. The molecule has 3 N–H and O–H groups in total. The van der Waals surface area contributed by atoms with Crippen LogP contribution in [-0.2, 0) is 0 Å². The van der Waals surface area contributed by atoms with Gasteiger partial charge in [0.2, 0.25) is 0 Å². The van der Waals surface area contributed by atoms with Gasteiger partial charge in [-0.05, 0) is 52.1 Å². The highest BCUT2D eigenvalue weighted by Gasteiger charge is 2.30. The highest BCUT2D eigenvalue weighted by Crippen LogP contribution is 2.30. The number of hydrogen-bond acceptors (Lipinski definition) is 2. The molecule has 0 aromatic carbocycles. The Hall–Kier alpha value is -0.0800. The van der Waals surface area contributed by atoms with Crippen molar-refractivity contribution >= 4 is 0 Å². The summed E-state index contributed by atoms with van der Waals surface area (Å²) in [4.78, 5) is 0. The lowest BCUT2D eigenvalue weighted by Crippen LogP contribution is -2.48. The predicted octanol–water partition coefficient (Wildman–Crippen LogP) is 1.65. The molecular weight excluding hydrogens is 148 g/mol. The second-order valence-electron chi connectivity index (χ2n) is 4.19. The SMILES string of the molecule is CC1(NCCCCCN)CCC1. The molecule has 72 valence electrons. The van der Waals surface area contributed by atoms with E-state index in [0.29, 0.717) is 5.54 Å². The fourth-order valence-electron chi connectivity index (χ4n) is 1.72. The van der Waals surface area contributed by atoms with Crippen LogP contribution >= 0.6 is 0 Å². The minimum absolute atomic E-state index is 0.489. The smallest absolute Gasteiger partial charge is 0.0153 e. The van der Waals surface area contributed by atoms with Gasteiger partial charge in [0, 0.05) is 5.54 Å². The molecule has 0 aromatic rings. The molecule has 1 fully saturated rings. The highest BCUT2D eigenvalue weighted by atomic mass is 15.0. The van der Waals surface area contributed by atoms with E-state index in [-0.39, 0.29) is 0 Å².